The van der Waals surface area contributed by atoms with Gasteiger partial charge in [0, 0.05) is 11.0 Å². The van der Waals surface area contributed by atoms with Crippen LogP contribution in [0.3, 0.4) is 0 Å². The highest BCUT2D eigenvalue weighted by Gasteiger charge is 2.31. The Kier molecular flexibility index (Phi) is 4.41. The summed E-state index contributed by atoms with van der Waals surface area (Å²) in [5, 5.41) is 13.0. The molecule has 1 atom stereocenters. The van der Waals surface area contributed by atoms with Gasteiger partial charge in [-0.05, 0) is 60.4 Å². The van der Waals surface area contributed by atoms with Crippen LogP contribution in [-0.2, 0) is 11.3 Å². The van der Waals surface area contributed by atoms with Crippen LogP contribution >= 0.6 is 15.9 Å². The van der Waals surface area contributed by atoms with Gasteiger partial charge in [0.05, 0.1) is 6.54 Å². The van der Waals surface area contributed by atoms with Gasteiger partial charge in [-0.25, -0.2) is 0 Å². The average Bonchev–Trinajstić information content (AvgIpc) is 2.87. The molecule has 0 bridgehead atoms. The molecule has 1 saturated heterocycles. The Hall–Kier alpha value is -1.85. The lowest BCUT2D eigenvalue weighted by Crippen LogP contribution is -2.27. The zero-order valence-corrected chi connectivity index (χ0v) is 14.7. The highest BCUT2D eigenvalue weighted by Crippen LogP contribution is 2.30. The van der Waals surface area contributed by atoms with Crippen molar-refractivity contribution in [2.45, 2.75) is 26.6 Å². The van der Waals surface area contributed by atoms with Crippen molar-refractivity contribution in [2.24, 2.45) is 0 Å². The number of benzene rings is 2. The highest BCUT2D eigenvalue weighted by molar-refractivity contribution is 9.10. The first-order valence-corrected chi connectivity index (χ1v) is 8.31. The van der Waals surface area contributed by atoms with E-state index in [1.165, 1.54) is 0 Å². The van der Waals surface area contributed by atoms with Gasteiger partial charge in [0.2, 0.25) is 5.91 Å². The fraction of sp³-hybridized carbons (Fsp3) is 0.278. The maximum atomic E-state index is 11.9. The molecule has 1 aliphatic heterocycles. The van der Waals surface area contributed by atoms with Crippen molar-refractivity contribution in [1.29, 1.82) is 0 Å². The largest absolute Gasteiger partial charge is 0.507 e. The second-order valence-corrected chi connectivity index (χ2v) is 6.92. The molecule has 2 N–H and O–H groups in total. The van der Waals surface area contributed by atoms with Crippen LogP contribution in [0.5, 0.6) is 5.75 Å². The van der Waals surface area contributed by atoms with E-state index in [0.717, 1.165) is 26.7 Å². The van der Waals surface area contributed by atoms with Gasteiger partial charge in [-0.1, -0.05) is 28.1 Å². The number of nitrogens with one attached hydrogen (secondary N) is 1. The lowest BCUT2D eigenvalue weighted by atomic mass is 10.0. The zero-order chi connectivity index (χ0) is 16.6. The van der Waals surface area contributed by atoms with Crippen molar-refractivity contribution in [3.63, 3.8) is 0 Å². The molecule has 1 unspecified atom stereocenters. The van der Waals surface area contributed by atoms with E-state index in [-0.39, 0.29) is 12.1 Å². The Morgan fingerprint density at radius 1 is 1.22 bits per heavy atom. The third kappa shape index (κ3) is 3.41. The normalized spacial score (nSPS) is 18.2. The fourth-order valence-electron chi connectivity index (χ4n) is 2.98. The van der Waals surface area contributed by atoms with Crippen LogP contribution in [0.4, 0.5) is 0 Å². The second kappa shape index (κ2) is 6.34. The number of halogens is 1. The van der Waals surface area contributed by atoms with E-state index >= 15 is 0 Å². The van der Waals surface area contributed by atoms with Crippen LogP contribution in [0.1, 0.15) is 28.4 Å². The lowest BCUT2D eigenvalue weighted by Gasteiger charge is -2.24. The van der Waals surface area contributed by atoms with Crippen LogP contribution in [0, 0.1) is 13.8 Å². The molecule has 2 aromatic carbocycles. The number of amides is 1. The summed E-state index contributed by atoms with van der Waals surface area (Å²) >= 11 is 3.44. The molecule has 23 heavy (non-hydrogen) atoms. The van der Waals surface area contributed by atoms with Gasteiger partial charge in [-0.3, -0.25) is 9.69 Å². The van der Waals surface area contributed by atoms with Gasteiger partial charge in [0.25, 0.3) is 0 Å². The van der Waals surface area contributed by atoms with E-state index in [0.29, 0.717) is 18.8 Å². The lowest BCUT2D eigenvalue weighted by molar-refractivity contribution is -0.118. The van der Waals surface area contributed by atoms with E-state index in [9.17, 15) is 9.90 Å². The number of rotatable bonds is 3. The molecule has 2 aromatic rings. The summed E-state index contributed by atoms with van der Waals surface area (Å²) in [7, 11) is 0. The minimum Gasteiger partial charge on any atom is -0.507 e. The second-order valence-electron chi connectivity index (χ2n) is 6.00. The summed E-state index contributed by atoms with van der Waals surface area (Å²) in [5.74, 6) is 0.341. The zero-order valence-electron chi connectivity index (χ0n) is 13.1. The van der Waals surface area contributed by atoms with Gasteiger partial charge >= 0.3 is 0 Å². The summed E-state index contributed by atoms with van der Waals surface area (Å²) in [6.45, 7) is 4.82. The molecular formula is C18H19BrN2O2. The molecule has 5 heteroatoms. The Balaban J connectivity index is 1.87. The van der Waals surface area contributed by atoms with Crippen molar-refractivity contribution < 1.29 is 9.90 Å². The quantitative estimate of drug-likeness (QED) is 0.865. The summed E-state index contributed by atoms with van der Waals surface area (Å²) in [4.78, 5) is 14.0. The molecular weight excluding hydrogens is 356 g/mol. The topological polar surface area (TPSA) is 52.6 Å². The summed E-state index contributed by atoms with van der Waals surface area (Å²) < 4.78 is 1.04. The summed E-state index contributed by atoms with van der Waals surface area (Å²) in [6, 6.07) is 12.0. The number of hydrogen-bond donors (Lipinski definition) is 2. The Morgan fingerprint density at radius 3 is 2.43 bits per heavy atom. The van der Waals surface area contributed by atoms with Gasteiger partial charge in [0.15, 0.2) is 0 Å². The van der Waals surface area contributed by atoms with E-state index in [2.05, 4.69) is 38.3 Å². The molecule has 0 aliphatic carbocycles. The Bertz CT molecular complexity index is 720. The molecule has 4 nitrogen and oxygen atoms in total. The molecule has 120 valence electrons. The van der Waals surface area contributed by atoms with Crippen LogP contribution in [-0.4, -0.2) is 22.5 Å². The first kappa shape index (κ1) is 16.0. The predicted octanol–water partition coefficient (Wildman–Crippen LogP) is 3.40. The van der Waals surface area contributed by atoms with Crippen molar-refractivity contribution in [3.05, 3.63) is 63.1 Å². The number of phenols is 1. The first-order valence-electron chi connectivity index (χ1n) is 7.52. The van der Waals surface area contributed by atoms with E-state index in [4.69, 9.17) is 0 Å². The number of carbonyl (C=O) groups is 1. The number of aryl methyl sites for hydroxylation is 2. The SMILES string of the molecule is Cc1cc(C2NC(=O)CN2Cc2ccc(Br)cc2)cc(C)c1O. The van der Waals surface area contributed by atoms with Crippen LogP contribution < -0.4 is 5.32 Å². The number of hydrogen-bond acceptors (Lipinski definition) is 3. The number of phenolic OH excluding ortho intramolecular Hbond substituents is 1. The maximum Gasteiger partial charge on any atom is 0.235 e. The Labute approximate surface area is 144 Å². The highest BCUT2D eigenvalue weighted by atomic mass is 79.9. The van der Waals surface area contributed by atoms with Crippen molar-refractivity contribution in [1.82, 2.24) is 10.2 Å². The number of carbonyl (C=O) groups excluding carboxylic acids is 1. The van der Waals surface area contributed by atoms with Crippen LogP contribution in [0.15, 0.2) is 40.9 Å². The molecule has 1 fully saturated rings. The molecule has 0 radical (unpaired) electrons. The predicted molar refractivity (Wildman–Crippen MR) is 93.0 cm³/mol. The molecule has 0 aromatic heterocycles. The molecule has 3 rings (SSSR count). The summed E-state index contributed by atoms with van der Waals surface area (Å²) in [6.07, 6.45) is -0.163. The van der Waals surface area contributed by atoms with Crippen molar-refractivity contribution in [3.8, 4) is 5.75 Å². The Morgan fingerprint density at radius 2 is 1.83 bits per heavy atom. The first-order chi connectivity index (χ1) is 10.9. The monoisotopic (exact) mass is 374 g/mol. The number of nitrogens with zero attached hydrogens (tertiary/aromatic N) is 1. The van der Waals surface area contributed by atoms with E-state index in [1.54, 1.807) is 0 Å². The third-order valence-corrected chi connectivity index (χ3v) is 4.67. The van der Waals surface area contributed by atoms with Gasteiger partial charge in [-0.2, -0.15) is 0 Å². The maximum absolute atomic E-state index is 11.9. The van der Waals surface area contributed by atoms with E-state index < -0.39 is 0 Å². The van der Waals surface area contributed by atoms with Crippen LogP contribution in [0.25, 0.3) is 0 Å². The van der Waals surface area contributed by atoms with Gasteiger partial charge in [0.1, 0.15) is 11.9 Å². The van der Waals surface area contributed by atoms with Crippen molar-refractivity contribution >= 4 is 21.8 Å². The minimum absolute atomic E-state index is 0.0236. The average molecular weight is 375 g/mol. The smallest absolute Gasteiger partial charge is 0.235 e. The third-order valence-electron chi connectivity index (χ3n) is 4.14. The van der Waals surface area contributed by atoms with E-state index in [1.807, 2.05) is 38.1 Å². The fourth-order valence-corrected chi connectivity index (χ4v) is 3.24. The minimum atomic E-state index is -0.163. The van der Waals surface area contributed by atoms with Gasteiger partial charge < -0.3 is 10.4 Å². The van der Waals surface area contributed by atoms with Crippen molar-refractivity contribution in [2.75, 3.05) is 6.54 Å². The molecule has 1 amide bonds. The molecule has 0 saturated carbocycles. The molecule has 0 spiro atoms. The van der Waals surface area contributed by atoms with Crippen LogP contribution in [0.2, 0.25) is 0 Å². The van der Waals surface area contributed by atoms with Gasteiger partial charge in [-0.15, -0.1) is 0 Å². The molecule has 1 aliphatic rings. The number of aromatic hydroxyl groups is 1. The summed E-state index contributed by atoms with van der Waals surface area (Å²) in [5.41, 5.74) is 3.80. The standard InChI is InChI=1S/C18H19BrN2O2/c1-11-7-14(8-12(2)17(11)23)18-20-16(22)10-21(18)9-13-3-5-15(19)6-4-13/h3-8,18,23H,9-10H2,1-2H3,(H,20,22). The molecule has 1 heterocycles.